The first-order valence-corrected chi connectivity index (χ1v) is 13.4. The highest BCUT2D eigenvalue weighted by atomic mass is 16.5. The summed E-state index contributed by atoms with van der Waals surface area (Å²) in [6, 6.07) is 15.4. The first kappa shape index (κ1) is 28.4. The second kappa shape index (κ2) is 13.4. The van der Waals surface area contributed by atoms with Gasteiger partial charge >= 0.3 is 6.03 Å². The molecule has 1 aliphatic rings. The number of nitrogens with zero attached hydrogens (tertiary/aromatic N) is 3. The van der Waals surface area contributed by atoms with Gasteiger partial charge in [-0.3, -0.25) is 4.79 Å². The van der Waals surface area contributed by atoms with Gasteiger partial charge in [0.15, 0.2) is 0 Å². The first-order chi connectivity index (χ1) is 19.4. The van der Waals surface area contributed by atoms with Crippen molar-refractivity contribution in [1.29, 1.82) is 0 Å². The van der Waals surface area contributed by atoms with Crippen molar-refractivity contribution in [2.75, 3.05) is 43.9 Å². The van der Waals surface area contributed by atoms with Crippen LogP contribution in [-0.4, -0.2) is 60.1 Å². The molecule has 0 atom stereocenters. The molecular weight excluding hydrogens is 504 g/mol. The third kappa shape index (κ3) is 7.25. The summed E-state index contributed by atoms with van der Waals surface area (Å²) in [6.07, 6.45) is 5.02. The van der Waals surface area contributed by atoms with Crippen LogP contribution in [-0.2, 0) is 4.79 Å². The molecule has 0 radical (unpaired) electrons. The van der Waals surface area contributed by atoms with Gasteiger partial charge in [0, 0.05) is 44.9 Å². The molecule has 0 saturated heterocycles. The summed E-state index contributed by atoms with van der Waals surface area (Å²) in [5.41, 5.74) is 6.42. The molecule has 0 aliphatic carbocycles. The van der Waals surface area contributed by atoms with Gasteiger partial charge in [0.2, 0.25) is 5.91 Å². The topological polar surface area (TPSA) is 108 Å². The fourth-order valence-corrected chi connectivity index (χ4v) is 4.56. The van der Waals surface area contributed by atoms with E-state index in [9.17, 15) is 9.59 Å². The molecule has 0 unspecified atom stereocenters. The molecule has 1 aliphatic heterocycles. The minimum absolute atomic E-state index is 0.0433. The summed E-state index contributed by atoms with van der Waals surface area (Å²) in [6.45, 7) is 9.69. The molecule has 0 spiro atoms. The van der Waals surface area contributed by atoms with Crippen LogP contribution in [0.1, 0.15) is 37.9 Å². The van der Waals surface area contributed by atoms with Crippen molar-refractivity contribution < 1.29 is 14.3 Å². The van der Waals surface area contributed by atoms with Gasteiger partial charge in [0.1, 0.15) is 17.9 Å². The molecule has 40 heavy (non-hydrogen) atoms. The minimum atomic E-state index is -0.151. The molecule has 0 saturated carbocycles. The zero-order valence-corrected chi connectivity index (χ0v) is 23.3. The lowest BCUT2D eigenvalue weighted by Gasteiger charge is -2.27. The molecule has 3 aromatic rings. The van der Waals surface area contributed by atoms with Crippen LogP contribution < -0.4 is 20.7 Å². The number of carbonyl (C=O) groups excluding carboxylic acids is 2. The number of nitrogens with one attached hydrogen (secondary N) is 3. The van der Waals surface area contributed by atoms with E-state index in [2.05, 4.69) is 38.6 Å². The van der Waals surface area contributed by atoms with E-state index in [0.29, 0.717) is 32.7 Å². The van der Waals surface area contributed by atoms with Crippen molar-refractivity contribution in [3.8, 4) is 16.9 Å². The summed E-state index contributed by atoms with van der Waals surface area (Å²) >= 11 is 0. The average molecular weight is 541 g/mol. The van der Waals surface area contributed by atoms with Crippen LogP contribution in [0.3, 0.4) is 0 Å². The van der Waals surface area contributed by atoms with E-state index in [1.165, 1.54) is 6.92 Å². The van der Waals surface area contributed by atoms with Gasteiger partial charge in [-0.25, -0.2) is 14.8 Å². The highest BCUT2D eigenvalue weighted by Gasteiger charge is 2.22. The monoisotopic (exact) mass is 540 g/mol. The average Bonchev–Trinajstić information content (AvgIpc) is 2.96. The van der Waals surface area contributed by atoms with Crippen LogP contribution in [0.2, 0.25) is 0 Å². The second-order valence-electron chi connectivity index (χ2n) is 9.63. The van der Waals surface area contributed by atoms with Crippen molar-refractivity contribution in [3.63, 3.8) is 0 Å². The molecule has 3 amide bonds. The van der Waals surface area contributed by atoms with Crippen molar-refractivity contribution in [1.82, 2.24) is 20.2 Å². The smallest absolute Gasteiger partial charge is 0.322 e. The summed E-state index contributed by atoms with van der Waals surface area (Å²) in [4.78, 5) is 34.7. The molecule has 208 valence electrons. The van der Waals surface area contributed by atoms with Crippen LogP contribution in [0, 0.1) is 0 Å². The van der Waals surface area contributed by atoms with Gasteiger partial charge in [-0.15, -0.1) is 0 Å². The molecule has 4 rings (SSSR count). The maximum atomic E-state index is 13.1. The van der Waals surface area contributed by atoms with Gasteiger partial charge in [-0.1, -0.05) is 36.9 Å². The predicted octanol–water partition coefficient (Wildman–Crippen LogP) is 5.44. The Morgan fingerprint density at radius 3 is 2.55 bits per heavy atom. The molecule has 9 heteroatoms. The lowest BCUT2D eigenvalue weighted by atomic mass is 9.97. The molecule has 3 N–H and O–H groups in total. The minimum Gasteiger partial charge on any atom is -0.494 e. The maximum Gasteiger partial charge on any atom is 0.322 e. The molecular formula is C31H36N6O3. The third-order valence-electron chi connectivity index (χ3n) is 6.56. The molecule has 2 heterocycles. The van der Waals surface area contributed by atoms with Crippen LogP contribution in [0.15, 0.2) is 67.5 Å². The number of rotatable bonds is 10. The normalized spacial score (nSPS) is 12.8. The number of urea groups is 1. The number of hydrogen-bond acceptors (Lipinski definition) is 6. The number of allylic oxidation sites excluding steroid dienone is 1. The van der Waals surface area contributed by atoms with Gasteiger partial charge in [0.25, 0.3) is 0 Å². The lowest BCUT2D eigenvalue weighted by molar-refractivity contribution is -0.118. The summed E-state index contributed by atoms with van der Waals surface area (Å²) in [5, 5.41) is 8.92. The third-order valence-corrected chi connectivity index (χ3v) is 6.56. The largest absolute Gasteiger partial charge is 0.494 e. The zero-order chi connectivity index (χ0) is 28.5. The Labute approximate surface area is 235 Å². The molecule has 9 nitrogen and oxygen atoms in total. The standard InChI is InChI=1S/C31H36N6O3/c1-21(2)28-29(34-20-35-30(28)32-4)23-12-15-37(16-13-23)31(39)36-26-10-5-8-24(18-26)25-9-6-11-27(19-25)40-17-7-14-33-22(3)38/h5-6,8-12,18-20H,1,7,13-17H2,2-4H3,(H,33,38)(H,36,39)(H,32,34,35). The summed E-state index contributed by atoms with van der Waals surface area (Å²) in [5.74, 6) is 1.46. The van der Waals surface area contributed by atoms with Crippen LogP contribution >= 0.6 is 0 Å². The van der Waals surface area contributed by atoms with E-state index >= 15 is 0 Å². The van der Waals surface area contributed by atoms with Gasteiger partial charge < -0.3 is 25.6 Å². The number of hydrogen-bond donors (Lipinski definition) is 3. The van der Waals surface area contributed by atoms with E-state index < -0.39 is 0 Å². The van der Waals surface area contributed by atoms with E-state index in [1.807, 2.05) is 62.5 Å². The Morgan fingerprint density at radius 1 is 1.07 bits per heavy atom. The molecule has 1 aromatic heterocycles. The van der Waals surface area contributed by atoms with Crippen molar-refractivity contribution in [3.05, 3.63) is 78.8 Å². The Hall–Kier alpha value is -4.66. The number of ether oxygens (including phenoxy) is 1. The van der Waals surface area contributed by atoms with Gasteiger partial charge in [0.05, 0.1) is 12.3 Å². The van der Waals surface area contributed by atoms with Gasteiger partial charge in [-0.2, -0.15) is 0 Å². The summed E-state index contributed by atoms with van der Waals surface area (Å²) in [7, 11) is 1.83. The number of carbonyl (C=O) groups is 2. The van der Waals surface area contributed by atoms with Gasteiger partial charge in [-0.05, 0) is 66.3 Å². The van der Waals surface area contributed by atoms with E-state index in [0.717, 1.165) is 57.2 Å². The highest BCUT2D eigenvalue weighted by Crippen LogP contribution is 2.31. The predicted molar refractivity (Wildman–Crippen MR) is 160 cm³/mol. The Morgan fingerprint density at radius 2 is 1.85 bits per heavy atom. The fourth-order valence-electron chi connectivity index (χ4n) is 4.56. The first-order valence-electron chi connectivity index (χ1n) is 13.4. The van der Waals surface area contributed by atoms with Crippen molar-refractivity contribution >= 4 is 34.6 Å². The van der Waals surface area contributed by atoms with E-state index in [1.54, 1.807) is 11.2 Å². The van der Waals surface area contributed by atoms with Crippen molar-refractivity contribution in [2.24, 2.45) is 0 Å². The number of anilines is 2. The summed E-state index contributed by atoms with van der Waals surface area (Å²) < 4.78 is 5.85. The number of amides is 3. The Bertz CT molecular complexity index is 1420. The molecule has 0 fully saturated rings. The molecule has 0 bridgehead atoms. The molecule has 2 aromatic carbocycles. The maximum absolute atomic E-state index is 13.1. The van der Waals surface area contributed by atoms with Crippen LogP contribution in [0.25, 0.3) is 22.3 Å². The van der Waals surface area contributed by atoms with Crippen LogP contribution in [0.5, 0.6) is 5.75 Å². The van der Waals surface area contributed by atoms with Crippen molar-refractivity contribution in [2.45, 2.75) is 26.7 Å². The number of benzene rings is 2. The van der Waals surface area contributed by atoms with E-state index in [4.69, 9.17) is 4.74 Å². The lowest BCUT2D eigenvalue weighted by Crippen LogP contribution is -2.38. The Kier molecular flexibility index (Phi) is 9.51. The quantitative estimate of drug-likeness (QED) is 0.295. The fraction of sp³-hybridized carbons (Fsp3) is 0.290. The second-order valence-corrected chi connectivity index (χ2v) is 9.63. The van der Waals surface area contributed by atoms with E-state index in [-0.39, 0.29) is 11.9 Å². The van der Waals surface area contributed by atoms with Crippen LogP contribution in [0.4, 0.5) is 16.3 Å². The Balaban J connectivity index is 1.38. The SMILES string of the molecule is C=C(C)c1c(NC)ncnc1C1=CCN(C(=O)Nc2cccc(-c3cccc(OCCCNC(C)=O)c3)c2)CC1. The highest BCUT2D eigenvalue weighted by molar-refractivity contribution is 5.91. The zero-order valence-electron chi connectivity index (χ0n) is 23.3. The number of aromatic nitrogens is 2.